The SMILES string of the molecule is CCN(C)c1ccccc1[C@@H](C)C(C)(C(C)=O)N(CC)c1ccccc1C(C)C. The molecule has 1 unspecified atom stereocenters. The van der Waals surface area contributed by atoms with Gasteiger partial charge in [-0.25, -0.2) is 0 Å². The van der Waals surface area contributed by atoms with Crippen molar-refractivity contribution in [2.24, 2.45) is 0 Å². The number of para-hydroxylation sites is 2. The van der Waals surface area contributed by atoms with Gasteiger partial charge >= 0.3 is 0 Å². The summed E-state index contributed by atoms with van der Waals surface area (Å²) in [6, 6.07) is 17.0. The zero-order valence-corrected chi connectivity index (χ0v) is 19.5. The normalized spacial score (nSPS) is 14.4. The highest BCUT2D eigenvalue weighted by Gasteiger charge is 2.43. The Morgan fingerprint density at radius 1 is 0.897 bits per heavy atom. The van der Waals surface area contributed by atoms with Gasteiger partial charge in [-0.15, -0.1) is 0 Å². The molecule has 2 aromatic rings. The van der Waals surface area contributed by atoms with E-state index in [0.717, 1.165) is 18.8 Å². The van der Waals surface area contributed by atoms with Crippen molar-refractivity contribution in [2.75, 3.05) is 29.9 Å². The Labute approximate surface area is 177 Å². The monoisotopic (exact) mass is 394 g/mol. The average molecular weight is 395 g/mol. The minimum atomic E-state index is -0.648. The van der Waals surface area contributed by atoms with Crippen molar-refractivity contribution in [3.05, 3.63) is 59.7 Å². The first-order valence-corrected chi connectivity index (χ1v) is 10.9. The second kappa shape index (κ2) is 9.47. The summed E-state index contributed by atoms with van der Waals surface area (Å²) in [4.78, 5) is 17.8. The van der Waals surface area contributed by atoms with Crippen molar-refractivity contribution in [1.29, 1.82) is 0 Å². The summed E-state index contributed by atoms with van der Waals surface area (Å²) >= 11 is 0. The van der Waals surface area contributed by atoms with Crippen LogP contribution in [0.3, 0.4) is 0 Å². The van der Waals surface area contributed by atoms with Crippen molar-refractivity contribution in [3.63, 3.8) is 0 Å². The Kier molecular flexibility index (Phi) is 7.51. The molecule has 0 aliphatic rings. The molecule has 0 fully saturated rings. The summed E-state index contributed by atoms with van der Waals surface area (Å²) in [5.74, 6) is 0.620. The molecule has 2 rings (SSSR count). The van der Waals surface area contributed by atoms with Crippen LogP contribution >= 0.6 is 0 Å². The van der Waals surface area contributed by atoms with Crippen LogP contribution in [-0.4, -0.2) is 31.5 Å². The first kappa shape index (κ1) is 23.0. The van der Waals surface area contributed by atoms with E-state index in [4.69, 9.17) is 0 Å². The fourth-order valence-electron chi connectivity index (χ4n) is 4.37. The highest BCUT2D eigenvalue weighted by Crippen LogP contribution is 2.42. The third-order valence-corrected chi connectivity index (χ3v) is 6.57. The van der Waals surface area contributed by atoms with Crippen molar-refractivity contribution in [1.82, 2.24) is 0 Å². The van der Waals surface area contributed by atoms with Crippen LogP contribution in [0.4, 0.5) is 11.4 Å². The topological polar surface area (TPSA) is 23.6 Å². The molecule has 0 spiro atoms. The molecule has 2 atom stereocenters. The van der Waals surface area contributed by atoms with Crippen molar-refractivity contribution < 1.29 is 4.79 Å². The van der Waals surface area contributed by atoms with Crippen LogP contribution in [0.5, 0.6) is 0 Å². The van der Waals surface area contributed by atoms with Crippen LogP contribution in [0.15, 0.2) is 48.5 Å². The van der Waals surface area contributed by atoms with E-state index >= 15 is 0 Å². The lowest BCUT2D eigenvalue weighted by Crippen LogP contribution is -2.55. The van der Waals surface area contributed by atoms with Gasteiger partial charge in [-0.1, -0.05) is 57.2 Å². The van der Waals surface area contributed by atoms with E-state index in [-0.39, 0.29) is 11.7 Å². The second-order valence-electron chi connectivity index (χ2n) is 8.46. The standard InChI is InChI=1S/C26H38N2O/c1-9-27(8)24-17-13-12-16-23(24)20(5)26(7,21(6)29)28(10-2)25-18-14-11-15-22(25)19(3)4/h11-20H,9-10H2,1-8H3/t20-,26?/m1/s1. The van der Waals surface area contributed by atoms with Gasteiger partial charge in [-0.05, 0) is 56.9 Å². The van der Waals surface area contributed by atoms with Crippen LogP contribution in [0.2, 0.25) is 0 Å². The second-order valence-corrected chi connectivity index (χ2v) is 8.46. The van der Waals surface area contributed by atoms with Gasteiger partial charge < -0.3 is 9.80 Å². The maximum absolute atomic E-state index is 13.2. The Morgan fingerprint density at radius 3 is 1.90 bits per heavy atom. The smallest absolute Gasteiger partial charge is 0.155 e. The minimum Gasteiger partial charge on any atom is -0.375 e. The first-order valence-electron chi connectivity index (χ1n) is 10.9. The third-order valence-electron chi connectivity index (χ3n) is 6.57. The predicted molar refractivity (Wildman–Crippen MR) is 126 cm³/mol. The minimum absolute atomic E-state index is 0.0327. The molecule has 0 aromatic heterocycles. The van der Waals surface area contributed by atoms with Gasteiger partial charge in [0.25, 0.3) is 0 Å². The highest BCUT2D eigenvalue weighted by atomic mass is 16.1. The fourth-order valence-corrected chi connectivity index (χ4v) is 4.37. The molecule has 0 amide bonds. The van der Waals surface area contributed by atoms with Crippen LogP contribution in [0.25, 0.3) is 0 Å². The number of anilines is 2. The molecule has 0 heterocycles. The molecule has 0 aliphatic carbocycles. The van der Waals surface area contributed by atoms with Crippen LogP contribution in [0.1, 0.15) is 71.4 Å². The predicted octanol–water partition coefficient (Wildman–Crippen LogP) is 6.24. The fraction of sp³-hybridized carbons (Fsp3) is 0.500. The van der Waals surface area contributed by atoms with Crippen LogP contribution in [-0.2, 0) is 4.79 Å². The van der Waals surface area contributed by atoms with E-state index in [1.165, 1.54) is 16.8 Å². The number of hydrogen-bond donors (Lipinski definition) is 0. The highest BCUT2D eigenvalue weighted by molar-refractivity contribution is 5.91. The molecule has 0 radical (unpaired) electrons. The molecule has 0 saturated carbocycles. The maximum Gasteiger partial charge on any atom is 0.155 e. The number of Topliss-reactive ketones (excluding diaryl/α,β-unsaturated/α-hetero) is 1. The zero-order valence-electron chi connectivity index (χ0n) is 19.5. The lowest BCUT2D eigenvalue weighted by atomic mass is 9.76. The quantitative estimate of drug-likeness (QED) is 0.503. The van der Waals surface area contributed by atoms with Gasteiger partial charge in [0.1, 0.15) is 5.54 Å². The number of ketones is 1. The first-order chi connectivity index (χ1) is 13.7. The largest absolute Gasteiger partial charge is 0.375 e. The number of rotatable bonds is 9. The number of carbonyl (C=O) groups excluding carboxylic acids is 1. The summed E-state index contributed by atoms with van der Waals surface area (Å²) < 4.78 is 0. The van der Waals surface area contributed by atoms with Gasteiger partial charge in [0, 0.05) is 37.4 Å². The van der Waals surface area contributed by atoms with Gasteiger partial charge in [-0.3, -0.25) is 4.79 Å². The molecule has 0 bridgehead atoms. The van der Waals surface area contributed by atoms with Gasteiger partial charge in [0.05, 0.1) is 0 Å². The number of carbonyl (C=O) groups is 1. The molecule has 0 aliphatic heterocycles. The van der Waals surface area contributed by atoms with Crippen molar-refractivity contribution in [2.45, 2.75) is 65.8 Å². The number of nitrogens with zero attached hydrogens (tertiary/aromatic N) is 2. The average Bonchev–Trinajstić information content (AvgIpc) is 2.73. The number of hydrogen-bond acceptors (Lipinski definition) is 3. The Bertz CT molecular complexity index is 829. The molecule has 3 nitrogen and oxygen atoms in total. The lowest BCUT2D eigenvalue weighted by Gasteiger charge is -2.46. The Balaban J connectivity index is 2.66. The summed E-state index contributed by atoms with van der Waals surface area (Å²) in [6.07, 6.45) is 0. The maximum atomic E-state index is 13.2. The molecule has 2 aromatic carbocycles. The van der Waals surface area contributed by atoms with Crippen LogP contribution in [0, 0.1) is 0 Å². The lowest BCUT2D eigenvalue weighted by molar-refractivity contribution is -0.122. The van der Waals surface area contributed by atoms with E-state index in [1.807, 2.05) is 0 Å². The van der Waals surface area contributed by atoms with Crippen molar-refractivity contribution >= 4 is 17.2 Å². The van der Waals surface area contributed by atoms with Gasteiger partial charge in [-0.2, -0.15) is 0 Å². The van der Waals surface area contributed by atoms with Gasteiger partial charge in [0.15, 0.2) is 5.78 Å². The number of likely N-dealkylation sites (N-methyl/N-ethyl adjacent to an activating group) is 1. The van der Waals surface area contributed by atoms with Gasteiger partial charge in [0.2, 0.25) is 0 Å². The molecular formula is C26H38N2O. The van der Waals surface area contributed by atoms with E-state index < -0.39 is 5.54 Å². The van der Waals surface area contributed by atoms with E-state index in [9.17, 15) is 4.79 Å². The molecule has 158 valence electrons. The molecule has 0 saturated heterocycles. The summed E-state index contributed by atoms with van der Waals surface area (Å²) in [7, 11) is 2.11. The Hall–Kier alpha value is -2.29. The van der Waals surface area contributed by atoms with Crippen LogP contribution < -0.4 is 9.80 Å². The molecule has 0 N–H and O–H groups in total. The summed E-state index contributed by atoms with van der Waals surface area (Å²) in [6.45, 7) is 16.5. The molecule has 29 heavy (non-hydrogen) atoms. The summed E-state index contributed by atoms with van der Waals surface area (Å²) in [5.41, 5.74) is 4.21. The Morgan fingerprint density at radius 2 is 1.41 bits per heavy atom. The third kappa shape index (κ3) is 4.34. The zero-order chi connectivity index (χ0) is 21.8. The van der Waals surface area contributed by atoms with E-state index in [2.05, 4.69) is 107 Å². The number of benzene rings is 2. The molecule has 3 heteroatoms. The summed E-state index contributed by atoms with van der Waals surface area (Å²) in [5, 5.41) is 0. The molecular weight excluding hydrogens is 356 g/mol. The van der Waals surface area contributed by atoms with Crippen molar-refractivity contribution in [3.8, 4) is 0 Å². The van der Waals surface area contributed by atoms with E-state index in [0.29, 0.717) is 5.92 Å². The van der Waals surface area contributed by atoms with E-state index in [1.54, 1.807) is 6.92 Å².